The molecule has 0 N–H and O–H groups in total. The minimum Gasteiger partial charge on any atom is -0.495 e. The Hall–Kier alpha value is -1.75. The van der Waals surface area contributed by atoms with Crippen molar-refractivity contribution >= 4 is 83.5 Å². The van der Waals surface area contributed by atoms with Crippen molar-refractivity contribution in [3.63, 3.8) is 0 Å². The van der Waals surface area contributed by atoms with Gasteiger partial charge in [0.1, 0.15) is 5.75 Å². The number of nitro benzene ring substituents is 1. The lowest BCUT2D eigenvalue weighted by Crippen LogP contribution is -2.27. The fourth-order valence-corrected chi connectivity index (χ4v) is 5.17. The van der Waals surface area contributed by atoms with Gasteiger partial charge in [-0.05, 0) is 46.3 Å². The molecule has 0 saturated carbocycles. The third-order valence-corrected chi connectivity index (χ3v) is 5.99. The molecule has 0 unspecified atom stereocenters. The number of hydrogen-bond donors (Lipinski definition) is 0. The number of nitro groups is 1. The molecule has 2 aromatic rings. The van der Waals surface area contributed by atoms with E-state index in [0.29, 0.717) is 26.2 Å². The van der Waals surface area contributed by atoms with Crippen LogP contribution in [0.25, 0.3) is 6.08 Å². The first-order valence-corrected chi connectivity index (χ1v) is 10.2. The standard InChI is InChI=1S/C17H10Br2N2O4S2/c1-25-15-9(6-10(18)8-13(15)19)7-14-16(22)20(17(26)27-14)11-2-4-12(5-3-11)21(23)24/h2-8H,1H3. The van der Waals surface area contributed by atoms with E-state index in [2.05, 4.69) is 31.9 Å². The first-order valence-electron chi connectivity index (χ1n) is 7.37. The SMILES string of the molecule is COc1c(Br)cc(Br)cc1C=C1SC(=S)N(c2ccc([N+](=O)[O-])cc2)C1=O. The van der Waals surface area contributed by atoms with E-state index >= 15 is 0 Å². The first kappa shape index (κ1) is 20.0. The normalized spacial score (nSPS) is 15.5. The number of carbonyl (C=O) groups excluding carboxylic acids is 1. The largest absolute Gasteiger partial charge is 0.495 e. The van der Waals surface area contributed by atoms with Crippen molar-refractivity contribution in [1.29, 1.82) is 0 Å². The third kappa shape index (κ3) is 4.08. The summed E-state index contributed by atoms with van der Waals surface area (Å²) in [6.45, 7) is 0. The maximum atomic E-state index is 12.9. The minimum absolute atomic E-state index is 0.0524. The van der Waals surface area contributed by atoms with E-state index in [1.807, 2.05) is 12.1 Å². The van der Waals surface area contributed by atoms with Crippen molar-refractivity contribution in [1.82, 2.24) is 0 Å². The molecule has 138 valence electrons. The van der Waals surface area contributed by atoms with Gasteiger partial charge in [0, 0.05) is 22.2 Å². The lowest BCUT2D eigenvalue weighted by Gasteiger charge is -2.14. The summed E-state index contributed by atoms with van der Waals surface area (Å²) >= 11 is 13.4. The highest BCUT2D eigenvalue weighted by Gasteiger charge is 2.33. The smallest absolute Gasteiger partial charge is 0.270 e. The highest BCUT2D eigenvalue weighted by atomic mass is 79.9. The quantitative estimate of drug-likeness (QED) is 0.224. The van der Waals surface area contributed by atoms with Gasteiger partial charge < -0.3 is 4.74 Å². The second-order valence-corrected chi connectivity index (χ2v) is 8.75. The van der Waals surface area contributed by atoms with Crippen LogP contribution in [0.4, 0.5) is 11.4 Å². The molecule has 1 saturated heterocycles. The van der Waals surface area contributed by atoms with E-state index in [1.165, 1.54) is 29.2 Å². The van der Waals surface area contributed by atoms with Gasteiger partial charge in [-0.1, -0.05) is 39.9 Å². The molecule has 2 aromatic carbocycles. The summed E-state index contributed by atoms with van der Waals surface area (Å²) < 4.78 is 7.34. The molecule has 0 aromatic heterocycles. The summed E-state index contributed by atoms with van der Waals surface area (Å²) in [5.41, 5.74) is 1.14. The van der Waals surface area contributed by atoms with Crippen LogP contribution >= 0.6 is 55.8 Å². The second-order valence-electron chi connectivity index (χ2n) is 5.30. The molecule has 0 spiro atoms. The van der Waals surface area contributed by atoms with Gasteiger partial charge in [0.25, 0.3) is 11.6 Å². The van der Waals surface area contributed by atoms with Gasteiger partial charge in [-0.25, -0.2) is 0 Å². The number of hydrogen-bond acceptors (Lipinski definition) is 6. The topological polar surface area (TPSA) is 72.7 Å². The molecule has 1 aliphatic heterocycles. The minimum atomic E-state index is -0.495. The van der Waals surface area contributed by atoms with Crippen molar-refractivity contribution in [2.75, 3.05) is 12.0 Å². The van der Waals surface area contributed by atoms with Gasteiger partial charge in [-0.2, -0.15) is 0 Å². The molecular formula is C17H10Br2N2O4S2. The number of nitrogens with zero attached hydrogens (tertiary/aromatic N) is 2. The van der Waals surface area contributed by atoms with E-state index in [9.17, 15) is 14.9 Å². The Labute approximate surface area is 181 Å². The maximum Gasteiger partial charge on any atom is 0.270 e. The predicted molar refractivity (Wildman–Crippen MR) is 117 cm³/mol. The van der Waals surface area contributed by atoms with E-state index in [4.69, 9.17) is 17.0 Å². The number of halogens is 2. The Kier molecular flexibility index (Phi) is 5.99. The zero-order valence-corrected chi connectivity index (χ0v) is 18.4. The number of non-ortho nitro benzene ring substituents is 1. The highest BCUT2D eigenvalue weighted by molar-refractivity contribution is 9.11. The number of methoxy groups -OCH3 is 1. The van der Waals surface area contributed by atoms with Gasteiger partial charge in [0.2, 0.25) is 0 Å². The molecule has 1 aliphatic rings. The zero-order valence-electron chi connectivity index (χ0n) is 13.6. The molecule has 1 fully saturated rings. The predicted octanol–water partition coefficient (Wildman–Crippen LogP) is 5.53. The third-order valence-electron chi connectivity index (χ3n) is 3.64. The van der Waals surface area contributed by atoms with Crippen LogP contribution in [-0.4, -0.2) is 22.3 Å². The van der Waals surface area contributed by atoms with E-state index in [0.717, 1.165) is 20.7 Å². The second kappa shape index (κ2) is 8.09. The summed E-state index contributed by atoms with van der Waals surface area (Å²) in [5, 5.41) is 10.8. The summed E-state index contributed by atoms with van der Waals surface area (Å²) in [6.07, 6.45) is 1.71. The molecular weight excluding hydrogens is 520 g/mol. The number of amides is 1. The number of thiocarbonyl (C=S) groups is 1. The van der Waals surface area contributed by atoms with E-state index in [-0.39, 0.29) is 11.6 Å². The summed E-state index contributed by atoms with van der Waals surface area (Å²) in [7, 11) is 1.55. The monoisotopic (exact) mass is 528 g/mol. The molecule has 0 radical (unpaired) electrons. The van der Waals surface area contributed by atoms with Crippen molar-refractivity contribution in [2.24, 2.45) is 0 Å². The van der Waals surface area contributed by atoms with Crippen LogP contribution in [0.5, 0.6) is 5.75 Å². The van der Waals surface area contributed by atoms with Gasteiger partial charge in [-0.3, -0.25) is 19.8 Å². The van der Waals surface area contributed by atoms with E-state index < -0.39 is 4.92 Å². The average molecular weight is 530 g/mol. The highest BCUT2D eigenvalue weighted by Crippen LogP contribution is 2.39. The Morgan fingerprint density at radius 2 is 1.93 bits per heavy atom. The lowest BCUT2D eigenvalue weighted by atomic mass is 10.2. The fourth-order valence-electron chi connectivity index (χ4n) is 2.46. The Morgan fingerprint density at radius 1 is 1.26 bits per heavy atom. The van der Waals surface area contributed by atoms with Gasteiger partial charge >= 0.3 is 0 Å². The number of ether oxygens (including phenoxy) is 1. The Morgan fingerprint density at radius 3 is 2.52 bits per heavy atom. The molecule has 1 heterocycles. The van der Waals surface area contributed by atoms with Crippen molar-refractivity contribution < 1.29 is 14.5 Å². The number of carbonyl (C=O) groups is 1. The van der Waals surface area contributed by atoms with Crippen LogP contribution in [0, 0.1) is 10.1 Å². The average Bonchev–Trinajstić information content (AvgIpc) is 2.88. The molecule has 3 rings (SSSR count). The van der Waals surface area contributed by atoms with Crippen molar-refractivity contribution in [2.45, 2.75) is 0 Å². The number of benzene rings is 2. The molecule has 27 heavy (non-hydrogen) atoms. The summed E-state index contributed by atoms with van der Waals surface area (Å²) in [5.74, 6) is 0.302. The number of thioether (sulfide) groups is 1. The van der Waals surface area contributed by atoms with Gasteiger partial charge in [0.15, 0.2) is 4.32 Å². The van der Waals surface area contributed by atoms with Crippen LogP contribution in [0.1, 0.15) is 5.56 Å². The number of rotatable bonds is 4. The van der Waals surface area contributed by atoms with E-state index in [1.54, 1.807) is 13.2 Å². The molecule has 0 atom stereocenters. The Balaban J connectivity index is 1.97. The lowest BCUT2D eigenvalue weighted by molar-refractivity contribution is -0.384. The zero-order chi connectivity index (χ0) is 19.7. The number of anilines is 1. The van der Waals surface area contributed by atoms with Crippen LogP contribution in [0.15, 0.2) is 50.2 Å². The van der Waals surface area contributed by atoms with Crippen LogP contribution in [0.3, 0.4) is 0 Å². The molecule has 10 heteroatoms. The Bertz CT molecular complexity index is 993. The fraction of sp³-hybridized carbons (Fsp3) is 0.0588. The summed E-state index contributed by atoms with van der Waals surface area (Å²) in [6, 6.07) is 9.36. The summed E-state index contributed by atoms with van der Waals surface area (Å²) in [4.78, 5) is 25.0. The van der Waals surface area contributed by atoms with Gasteiger partial charge in [-0.15, -0.1) is 0 Å². The van der Waals surface area contributed by atoms with Gasteiger partial charge in [0.05, 0.1) is 27.1 Å². The van der Waals surface area contributed by atoms with Crippen molar-refractivity contribution in [3.05, 3.63) is 65.9 Å². The molecule has 0 aliphatic carbocycles. The first-order chi connectivity index (χ1) is 12.8. The van der Waals surface area contributed by atoms with Crippen LogP contribution < -0.4 is 9.64 Å². The van der Waals surface area contributed by atoms with Crippen LogP contribution in [0.2, 0.25) is 0 Å². The van der Waals surface area contributed by atoms with Crippen molar-refractivity contribution in [3.8, 4) is 5.75 Å². The molecule has 6 nitrogen and oxygen atoms in total. The molecule has 0 bridgehead atoms. The maximum absolute atomic E-state index is 12.9. The van der Waals surface area contributed by atoms with Crippen LogP contribution in [-0.2, 0) is 4.79 Å². The molecule has 1 amide bonds.